The molecule has 2 N–H and O–H groups in total. The zero-order valence-electron chi connectivity index (χ0n) is 22.8. The van der Waals surface area contributed by atoms with Gasteiger partial charge in [0.05, 0.1) is 11.9 Å². The predicted molar refractivity (Wildman–Crippen MR) is 147 cm³/mol. The molecule has 2 rings (SSSR count). The first-order valence-corrected chi connectivity index (χ1v) is 14.7. The zero-order chi connectivity index (χ0) is 27.1. The van der Waals surface area contributed by atoms with Crippen molar-refractivity contribution in [3.05, 3.63) is 64.2 Å². The van der Waals surface area contributed by atoms with Crippen molar-refractivity contribution < 1.29 is 23.1 Å². The first-order valence-electron chi connectivity index (χ1n) is 12.7. The SMILES string of the molecule is CCC(CCc1ccc(OCC(O)C(C)(C)C)c(C)c1)c1ccc(C(=O)NCCS(C)(=O)=O)c(C)c1. The Bertz CT molecular complexity index is 1130. The van der Waals surface area contributed by atoms with E-state index in [2.05, 4.69) is 30.4 Å². The van der Waals surface area contributed by atoms with E-state index < -0.39 is 15.9 Å². The number of carbonyl (C=O) groups is 1. The van der Waals surface area contributed by atoms with Gasteiger partial charge in [0.2, 0.25) is 0 Å². The average Bonchev–Trinajstić information content (AvgIpc) is 2.77. The van der Waals surface area contributed by atoms with Crippen molar-refractivity contribution in [1.82, 2.24) is 5.32 Å². The first-order chi connectivity index (χ1) is 16.7. The summed E-state index contributed by atoms with van der Waals surface area (Å²) in [5.41, 5.74) is 4.75. The highest BCUT2D eigenvalue weighted by Crippen LogP contribution is 2.29. The molecule has 0 fully saturated rings. The largest absolute Gasteiger partial charge is 0.491 e. The number of rotatable bonds is 12. The van der Waals surface area contributed by atoms with Crippen LogP contribution in [-0.4, -0.2) is 50.7 Å². The summed E-state index contributed by atoms with van der Waals surface area (Å²) in [6.45, 7) is 12.5. The van der Waals surface area contributed by atoms with Gasteiger partial charge in [-0.1, -0.05) is 52.0 Å². The van der Waals surface area contributed by atoms with E-state index in [4.69, 9.17) is 4.74 Å². The number of hydrogen-bond donors (Lipinski definition) is 2. The molecule has 0 aliphatic heterocycles. The van der Waals surface area contributed by atoms with Crippen LogP contribution in [0.1, 0.15) is 79.1 Å². The molecular weight excluding hydrogens is 474 g/mol. The molecule has 2 unspecified atom stereocenters. The minimum atomic E-state index is -3.11. The van der Waals surface area contributed by atoms with Crippen molar-refractivity contribution >= 4 is 15.7 Å². The quantitative estimate of drug-likeness (QED) is 0.414. The van der Waals surface area contributed by atoms with Crippen molar-refractivity contribution in [2.45, 2.75) is 72.8 Å². The molecule has 200 valence electrons. The van der Waals surface area contributed by atoms with Crippen LogP contribution in [-0.2, 0) is 16.3 Å². The fourth-order valence-electron chi connectivity index (χ4n) is 4.04. The lowest BCUT2D eigenvalue weighted by Gasteiger charge is -2.26. The Morgan fingerprint density at radius 2 is 1.78 bits per heavy atom. The van der Waals surface area contributed by atoms with Crippen LogP contribution in [0, 0.1) is 19.3 Å². The molecule has 0 aliphatic rings. The predicted octanol–water partition coefficient (Wildman–Crippen LogP) is 4.99. The minimum absolute atomic E-state index is 0.0702. The fourth-order valence-corrected chi connectivity index (χ4v) is 4.51. The third-order valence-electron chi connectivity index (χ3n) is 6.63. The Morgan fingerprint density at radius 1 is 1.08 bits per heavy atom. The van der Waals surface area contributed by atoms with Crippen LogP contribution >= 0.6 is 0 Å². The molecule has 1 amide bonds. The maximum atomic E-state index is 12.5. The zero-order valence-corrected chi connectivity index (χ0v) is 23.7. The molecule has 0 saturated carbocycles. The van der Waals surface area contributed by atoms with Crippen molar-refractivity contribution in [1.29, 1.82) is 0 Å². The van der Waals surface area contributed by atoms with Gasteiger partial charge in [-0.25, -0.2) is 8.42 Å². The van der Waals surface area contributed by atoms with E-state index in [1.165, 1.54) is 11.1 Å². The lowest BCUT2D eigenvalue weighted by molar-refractivity contribution is 0.0216. The van der Waals surface area contributed by atoms with Gasteiger partial charge in [0.15, 0.2) is 0 Å². The molecular formula is C29H43NO5S. The molecule has 0 radical (unpaired) electrons. The Kier molecular flexibility index (Phi) is 10.6. The highest BCUT2D eigenvalue weighted by atomic mass is 32.2. The van der Waals surface area contributed by atoms with E-state index >= 15 is 0 Å². The Morgan fingerprint density at radius 3 is 2.33 bits per heavy atom. The van der Waals surface area contributed by atoms with Crippen molar-refractivity contribution in [2.24, 2.45) is 5.41 Å². The van der Waals surface area contributed by atoms with Gasteiger partial charge in [0.25, 0.3) is 5.91 Å². The van der Waals surface area contributed by atoms with Gasteiger partial charge in [-0.3, -0.25) is 4.79 Å². The number of amides is 1. The molecule has 0 aliphatic carbocycles. The standard InChI is InChI=1S/C29H43NO5S/c1-8-23(24-12-13-25(20(2)18-24)28(32)30-15-16-36(7,33)34)11-9-22-10-14-26(21(3)17-22)35-19-27(31)29(4,5)6/h10,12-14,17-18,23,27,31H,8-9,11,15-16,19H2,1-7H3,(H,30,32). The fraction of sp³-hybridized carbons (Fsp3) is 0.552. The van der Waals surface area contributed by atoms with Crippen LogP contribution in [0.4, 0.5) is 0 Å². The van der Waals surface area contributed by atoms with E-state index in [-0.39, 0.29) is 30.2 Å². The van der Waals surface area contributed by atoms with Gasteiger partial charge >= 0.3 is 0 Å². The summed E-state index contributed by atoms with van der Waals surface area (Å²) < 4.78 is 28.4. The van der Waals surface area contributed by atoms with E-state index in [0.717, 1.165) is 42.4 Å². The maximum Gasteiger partial charge on any atom is 0.251 e. The number of aryl methyl sites for hydroxylation is 3. The Balaban J connectivity index is 1.99. The molecule has 0 bridgehead atoms. The van der Waals surface area contributed by atoms with Gasteiger partial charge in [0, 0.05) is 18.4 Å². The van der Waals surface area contributed by atoms with Crippen LogP contribution < -0.4 is 10.1 Å². The molecule has 6 nitrogen and oxygen atoms in total. The smallest absolute Gasteiger partial charge is 0.251 e. The summed E-state index contributed by atoms with van der Waals surface area (Å²) >= 11 is 0. The molecule has 2 aromatic carbocycles. The van der Waals surface area contributed by atoms with Crippen molar-refractivity contribution in [3.8, 4) is 5.75 Å². The second kappa shape index (κ2) is 12.7. The highest BCUT2D eigenvalue weighted by Gasteiger charge is 2.23. The van der Waals surface area contributed by atoms with Gasteiger partial charge in [-0.15, -0.1) is 0 Å². The summed E-state index contributed by atoms with van der Waals surface area (Å²) in [5.74, 6) is 0.849. The summed E-state index contributed by atoms with van der Waals surface area (Å²) in [6.07, 6.45) is 3.53. The number of aliphatic hydroxyl groups is 1. The van der Waals surface area contributed by atoms with Gasteiger partial charge < -0.3 is 15.2 Å². The third-order valence-corrected chi connectivity index (χ3v) is 7.58. The van der Waals surface area contributed by atoms with Crippen molar-refractivity contribution in [3.63, 3.8) is 0 Å². The van der Waals surface area contributed by atoms with Crippen LogP contribution in [0.3, 0.4) is 0 Å². The topological polar surface area (TPSA) is 92.7 Å². The molecule has 0 aromatic heterocycles. The number of hydrogen-bond acceptors (Lipinski definition) is 5. The average molecular weight is 518 g/mol. The second-order valence-corrected chi connectivity index (χ2v) is 13.2. The van der Waals surface area contributed by atoms with Crippen LogP contribution in [0.25, 0.3) is 0 Å². The number of nitrogens with one attached hydrogen (secondary N) is 1. The monoisotopic (exact) mass is 517 g/mol. The highest BCUT2D eigenvalue weighted by molar-refractivity contribution is 7.90. The van der Waals surface area contributed by atoms with Crippen LogP contribution in [0.5, 0.6) is 5.75 Å². The van der Waals surface area contributed by atoms with Gasteiger partial charge in [0.1, 0.15) is 22.2 Å². The lowest BCUT2D eigenvalue weighted by Crippen LogP contribution is -2.32. The first kappa shape index (κ1) is 29.8. The molecule has 7 heteroatoms. The van der Waals surface area contributed by atoms with Gasteiger partial charge in [-0.2, -0.15) is 0 Å². The lowest BCUT2D eigenvalue weighted by atomic mass is 9.88. The number of benzene rings is 2. The summed E-state index contributed by atoms with van der Waals surface area (Å²) in [6, 6.07) is 12.2. The third kappa shape index (κ3) is 9.25. The number of sulfone groups is 1. The van der Waals surface area contributed by atoms with Crippen molar-refractivity contribution in [2.75, 3.05) is 25.2 Å². The normalized spacial score (nSPS) is 13.8. The number of ether oxygens (including phenoxy) is 1. The van der Waals surface area contributed by atoms with Crippen LogP contribution in [0.2, 0.25) is 0 Å². The molecule has 36 heavy (non-hydrogen) atoms. The Labute approximate surface area is 217 Å². The molecule has 2 aromatic rings. The van der Waals surface area contributed by atoms with Crippen LogP contribution in [0.15, 0.2) is 36.4 Å². The molecule has 0 saturated heterocycles. The van der Waals surface area contributed by atoms with E-state index in [1.807, 2.05) is 52.8 Å². The summed E-state index contributed by atoms with van der Waals surface area (Å²) in [4.78, 5) is 12.5. The molecule has 0 spiro atoms. The molecule has 0 heterocycles. The minimum Gasteiger partial charge on any atom is -0.491 e. The maximum absolute atomic E-state index is 12.5. The van der Waals surface area contributed by atoms with E-state index in [0.29, 0.717) is 11.5 Å². The number of aliphatic hydroxyl groups excluding tert-OH is 1. The summed E-state index contributed by atoms with van der Waals surface area (Å²) in [5, 5.41) is 12.9. The van der Waals surface area contributed by atoms with E-state index in [1.54, 1.807) is 0 Å². The Hall–Kier alpha value is -2.38. The van der Waals surface area contributed by atoms with Gasteiger partial charge in [-0.05, 0) is 78.8 Å². The number of carbonyl (C=O) groups excluding carboxylic acids is 1. The second-order valence-electron chi connectivity index (χ2n) is 10.9. The summed E-state index contributed by atoms with van der Waals surface area (Å²) in [7, 11) is -3.11. The molecule has 2 atom stereocenters. The van der Waals surface area contributed by atoms with E-state index in [9.17, 15) is 18.3 Å².